The lowest BCUT2D eigenvalue weighted by atomic mass is 9.99. The lowest BCUT2D eigenvalue weighted by molar-refractivity contribution is 0.0751. The molecule has 1 aliphatic heterocycles. The number of benzene rings is 1. The number of nitrogens with one attached hydrogen (secondary N) is 1. The van der Waals surface area contributed by atoms with Gasteiger partial charge in [0.2, 0.25) is 0 Å². The van der Waals surface area contributed by atoms with Gasteiger partial charge in [-0.1, -0.05) is 0 Å². The highest BCUT2D eigenvalue weighted by molar-refractivity contribution is 5.41. The molecule has 0 atom stereocenters. The summed E-state index contributed by atoms with van der Waals surface area (Å²) >= 11 is 0. The van der Waals surface area contributed by atoms with Crippen molar-refractivity contribution in [2.75, 3.05) is 26.8 Å². The standard InChI is InChI=1S/C15H20N2O2/c1-18-15-3-2-13(9-16)8-14(15)11-19-10-12-4-6-17-7-5-12/h2-3,8,12,17H,4-7,10-11H2,1H3. The molecule has 1 N–H and O–H groups in total. The number of hydrogen-bond acceptors (Lipinski definition) is 4. The van der Waals surface area contributed by atoms with Gasteiger partial charge in [0.1, 0.15) is 5.75 Å². The molecule has 4 heteroatoms. The summed E-state index contributed by atoms with van der Waals surface area (Å²) in [5, 5.41) is 12.3. The molecule has 0 unspecified atom stereocenters. The van der Waals surface area contributed by atoms with Gasteiger partial charge in [-0.25, -0.2) is 0 Å². The summed E-state index contributed by atoms with van der Waals surface area (Å²) in [5.41, 5.74) is 1.58. The third-order valence-corrected chi connectivity index (χ3v) is 3.48. The molecule has 0 bridgehead atoms. The molecule has 1 aromatic rings. The molecule has 0 saturated carbocycles. The fourth-order valence-electron chi connectivity index (χ4n) is 2.34. The summed E-state index contributed by atoms with van der Waals surface area (Å²) in [6.07, 6.45) is 2.35. The van der Waals surface area contributed by atoms with E-state index in [9.17, 15) is 0 Å². The number of rotatable bonds is 5. The molecular weight excluding hydrogens is 240 g/mol. The molecule has 102 valence electrons. The largest absolute Gasteiger partial charge is 0.496 e. The molecule has 19 heavy (non-hydrogen) atoms. The molecule has 0 spiro atoms. The van der Waals surface area contributed by atoms with Crippen LogP contribution in [-0.2, 0) is 11.3 Å². The third-order valence-electron chi connectivity index (χ3n) is 3.48. The van der Waals surface area contributed by atoms with Gasteiger partial charge < -0.3 is 14.8 Å². The van der Waals surface area contributed by atoms with Gasteiger partial charge in [-0.05, 0) is 50.0 Å². The van der Waals surface area contributed by atoms with Crippen LogP contribution in [-0.4, -0.2) is 26.8 Å². The first kappa shape index (κ1) is 13.9. The van der Waals surface area contributed by atoms with Crippen LogP contribution in [0.1, 0.15) is 24.0 Å². The Hall–Kier alpha value is -1.57. The van der Waals surface area contributed by atoms with Crippen molar-refractivity contribution in [2.24, 2.45) is 5.92 Å². The van der Waals surface area contributed by atoms with Crippen LogP contribution in [0, 0.1) is 17.2 Å². The Morgan fingerprint density at radius 3 is 2.84 bits per heavy atom. The smallest absolute Gasteiger partial charge is 0.124 e. The Labute approximate surface area is 114 Å². The maximum atomic E-state index is 8.92. The van der Waals surface area contributed by atoms with Crippen molar-refractivity contribution in [3.05, 3.63) is 29.3 Å². The Morgan fingerprint density at radius 2 is 2.16 bits per heavy atom. The molecule has 0 amide bonds. The van der Waals surface area contributed by atoms with E-state index in [2.05, 4.69) is 11.4 Å². The zero-order chi connectivity index (χ0) is 13.5. The van der Waals surface area contributed by atoms with Gasteiger partial charge in [0, 0.05) is 12.2 Å². The quantitative estimate of drug-likeness (QED) is 0.880. The average molecular weight is 260 g/mol. The summed E-state index contributed by atoms with van der Waals surface area (Å²) in [5.74, 6) is 1.43. The van der Waals surface area contributed by atoms with Crippen LogP contribution < -0.4 is 10.1 Å². The van der Waals surface area contributed by atoms with Crippen LogP contribution in [0.4, 0.5) is 0 Å². The number of hydrogen-bond donors (Lipinski definition) is 1. The lowest BCUT2D eigenvalue weighted by Gasteiger charge is -2.22. The van der Waals surface area contributed by atoms with Gasteiger partial charge >= 0.3 is 0 Å². The van der Waals surface area contributed by atoms with Crippen LogP contribution >= 0.6 is 0 Å². The molecule has 1 fully saturated rings. The summed E-state index contributed by atoms with van der Waals surface area (Å²) in [4.78, 5) is 0. The normalized spacial score (nSPS) is 16.0. The van der Waals surface area contributed by atoms with Crippen LogP contribution in [0.3, 0.4) is 0 Å². The molecule has 0 radical (unpaired) electrons. The van der Waals surface area contributed by atoms with Crippen molar-refractivity contribution >= 4 is 0 Å². The van der Waals surface area contributed by atoms with Gasteiger partial charge in [-0.2, -0.15) is 5.26 Å². The van der Waals surface area contributed by atoms with Crippen molar-refractivity contribution in [1.82, 2.24) is 5.32 Å². The van der Waals surface area contributed by atoms with Gasteiger partial charge in [0.05, 0.1) is 25.3 Å². The summed E-state index contributed by atoms with van der Waals surface area (Å²) in [6, 6.07) is 7.55. The molecule has 2 rings (SSSR count). The maximum Gasteiger partial charge on any atom is 0.124 e. The minimum Gasteiger partial charge on any atom is -0.496 e. The molecule has 4 nitrogen and oxygen atoms in total. The van der Waals surface area contributed by atoms with Crippen LogP contribution in [0.15, 0.2) is 18.2 Å². The van der Waals surface area contributed by atoms with E-state index < -0.39 is 0 Å². The number of methoxy groups -OCH3 is 1. The van der Waals surface area contributed by atoms with Crippen LogP contribution in [0.2, 0.25) is 0 Å². The van der Waals surface area contributed by atoms with Crippen LogP contribution in [0.5, 0.6) is 5.75 Å². The fraction of sp³-hybridized carbons (Fsp3) is 0.533. The minimum absolute atomic E-state index is 0.503. The predicted octanol–water partition coefficient (Wildman–Crippen LogP) is 2.08. The number of ether oxygens (including phenoxy) is 2. The lowest BCUT2D eigenvalue weighted by Crippen LogP contribution is -2.29. The second-order valence-electron chi connectivity index (χ2n) is 4.85. The SMILES string of the molecule is COc1ccc(C#N)cc1COCC1CCNCC1. The topological polar surface area (TPSA) is 54.3 Å². The van der Waals surface area contributed by atoms with E-state index in [0.29, 0.717) is 18.1 Å². The van der Waals surface area contributed by atoms with E-state index >= 15 is 0 Å². The van der Waals surface area contributed by atoms with E-state index in [4.69, 9.17) is 14.7 Å². The third kappa shape index (κ3) is 3.95. The molecule has 0 aromatic heterocycles. The molecule has 1 aliphatic rings. The Balaban J connectivity index is 1.89. The summed E-state index contributed by atoms with van der Waals surface area (Å²) in [7, 11) is 1.64. The van der Waals surface area contributed by atoms with E-state index in [1.165, 1.54) is 12.8 Å². The molecule has 0 aliphatic carbocycles. The number of nitriles is 1. The Kier molecular flexibility index (Phi) is 5.20. The van der Waals surface area contributed by atoms with Crippen LogP contribution in [0.25, 0.3) is 0 Å². The zero-order valence-electron chi connectivity index (χ0n) is 11.3. The highest BCUT2D eigenvalue weighted by Gasteiger charge is 2.13. The maximum absolute atomic E-state index is 8.92. The van der Waals surface area contributed by atoms with Gasteiger partial charge in [-0.15, -0.1) is 0 Å². The minimum atomic E-state index is 0.503. The molecular formula is C15H20N2O2. The molecule has 1 aromatic carbocycles. The van der Waals surface area contributed by atoms with E-state index in [1.54, 1.807) is 13.2 Å². The Morgan fingerprint density at radius 1 is 1.37 bits per heavy atom. The molecule has 1 saturated heterocycles. The van der Waals surface area contributed by atoms with Crippen molar-refractivity contribution < 1.29 is 9.47 Å². The Bertz CT molecular complexity index is 448. The predicted molar refractivity (Wildman–Crippen MR) is 73.0 cm³/mol. The zero-order valence-corrected chi connectivity index (χ0v) is 11.3. The van der Waals surface area contributed by atoms with Gasteiger partial charge in [0.15, 0.2) is 0 Å². The summed E-state index contributed by atoms with van der Waals surface area (Å²) < 4.78 is 11.1. The summed E-state index contributed by atoms with van der Waals surface area (Å²) in [6.45, 7) is 3.45. The van der Waals surface area contributed by atoms with E-state index in [-0.39, 0.29) is 0 Å². The van der Waals surface area contributed by atoms with Crippen molar-refractivity contribution in [3.8, 4) is 11.8 Å². The van der Waals surface area contributed by atoms with Gasteiger partial charge in [-0.3, -0.25) is 0 Å². The van der Waals surface area contributed by atoms with Crippen molar-refractivity contribution in [1.29, 1.82) is 5.26 Å². The second-order valence-corrected chi connectivity index (χ2v) is 4.85. The number of nitrogens with zero attached hydrogens (tertiary/aromatic N) is 1. The molecule has 1 heterocycles. The fourth-order valence-corrected chi connectivity index (χ4v) is 2.34. The van der Waals surface area contributed by atoms with E-state index in [1.807, 2.05) is 12.1 Å². The van der Waals surface area contributed by atoms with Gasteiger partial charge in [0.25, 0.3) is 0 Å². The highest BCUT2D eigenvalue weighted by Crippen LogP contribution is 2.21. The van der Waals surface area contributed by atoms with E-state index in [0.717, 1.165) is 31.0 Å². The second kappa shape index (κ2) is 7.13. The first-order chi connectivity index (χ1) is 9.33. The van der Waals surface area contributed by atoms with Crippen molar-refractivity contribution in [2.45, 2.75) is 19.4 Å². The average Bonchev–Trinajstić information content (AvgIpc) is 2.48. The van der Waals surface area contributed by atoms with Crippen molar-refractivity contribution in [3.63, 3.8) is 0 Å². The first-order valence-electron chi connectivity index (χ1n) is 6.69. The highest BCUT2D eigenvalue weighted by atomic mass is 16.5. The number of piperidine rings is 1. The monoisotopic (exact) mass is 260 g/mol. The first-order valence-corrected chi connectivity index (χ1v) is 6.69.